The summed E-state index contributed by atoms with van der Waals surface area (Å²) in [6.45, 7) is 0.273. The Bertz CT molecular complexity index is 940. The Morgan fingerprint density at radius 1 is 1.30 bits per heavy atom. The minimum atomic E-state index is -3.53. The van der Waals surface area contributed by atoms with Crippen LogP contribution in [0.2, 0.25) is 0 Å². The summed E-state index contributed by atoms with van der Waals surface area (Å²) in [6, 6.07) is 7.45. The summed E-state index contributed by atoms with van der Waals surface area (Å²) in [5.74, 6) is 0.521. The van der Waals surface area contributed by atoms with Crippen LogP contribution >= 0.6 is 0 Å². The summed E-state index contributed by atoms with van der Waals surface area (Å²) in [7, 11) is -3.53. The van der Waals surface area contributed by atoms with Gasteiger partial charge in [0.15, 0.2) is 9.84 Å². The van der Waals surface area contributed by atoms with E-state index in [1.54, 1.807) is 12.3 Å². The second-order valence-corrected chi connectivity index (χ2v) is 8.57. The van der Waals surface area contributed by atoms with E-state index in [2.05, 4.69) is 10.3 Å². The Labute approximate surface area is 157 Å². The van der Waals surface area contributed by atoms with Crippen LogP contribution in [0.4, 0.5) is 11.4 Å². The first-order valence-corrected chi connectivity index (χ1v) is 10.6. The third-order valence-electron chi connectivity index (χ3n) is 4.49. The van der Waals surface area contributed by atoms with Crippen LogP contribution in [0.1, 0.15) is 31.2 Å². The molecule has 144 valence electrons. The number of nitro benzene ring substituents is 1. The van der Waals surface area contributed by atoms with Crippen LogP contribution in [0.15, 0.2) is 41.4 Å². The number of aromatic nitrogens is 1. The maximum absolute atomic E-state index is 11.6. The highest BCUT2D eigenvalue weighted by Crippen LogP contribution is 2.29. The van der Waals surface area contributed by atoms with Gasteiger partial charge in [-0.3, -0.25) is 10.1 Å². The molecule has 27 heavy (non-hydrogen) atoms. The summed E-state index contributed by atoms with van der Waals surface area (Å²) < 4.78 is 29.3. The maximum Gasteiger partial charge on any atom is 0.293 e. The van der Waals surface area contributed by atoms with Crippen LogP contribution in [0.5, 0.6) is 5.88 Å². The van der Waals surface area contributed by atoms with E-state index in [0.29, 0.717) is 5.88 Å². The summed E-state index contributed by atoms with van der Waals surface area (Å²) in [5, 5.41) is 14.3. The SMILES string of the molecule is CS(=O)(=O)c1ccc(NCc2cccnc2OC2CCCC2)c([N+](=O)[O-])c1. The molecule has 2 aromatic rings. The van der Waals surface area contributed by atoms with Crippen molar-refractivity contribution in [2.75, 3.05) is 11.6 Å². The number of nitrogens with one attached hydrogen (secondary N) is 1. The number of benzene rings is 1. The molecule has 8 nitrogen and oxygen atoms in total. The lowest BCUT2D eigenvalue weighted by Gasteiger charge is -2.16. The van der Waals surface area contributed by atoms with Gasteiger partial charge < -0.3 is 10.1 Å². The van der Waals surface area contributed by atoms with Crippen molar-refractivity contribution in [1.82, 2.24) is 4.98 Å². The van der Waals surface area contributed by atoms with E-state index in [4.69, 9.17) is 4.74 Å². The second kappa shape index (κ2) is 7.91. The van der Waals surface area contributed by atoms with Crippen LogP contribution < -0.4 is 10.1 Å². The summed E-state index contributed by atoms with van der Waals surface area (Å²) in [6.07, 6.45) is 7.11. The van der Waals surface area contributed by atoms with Crippen molar-refractivity contribution in [3.63, 3.8) is 0 Å². The van der Waals surface area contributed by atoms with Gasteiger partial charge in [0.05, 0.1) is 9.82 Å². The lowest BCUT2D eigenvalue weighted by atomic mass is 10.2. The predicted molar refractivity (Wildman–Crippen MR) is 101 cm³/mol. The van der Waals surface area contributed by atoms with Crippen LogP contribution in [0, 0.1) is 10.1 Å². The number of nitrogens with zero attached hydrogens (tertiary/aromatic N) is 2. The molecule has 1 aromatic heterocycles. The van der Waals surface area contributed by atoms with Gasteiger partial charge in [0.1, 0.15) is 11.8 Å². The van der Waals surface area contributed by atoms with Crippen molar-refractivity contribution < 1.29 is 18.1 Å². The summed E-state index contributed by atoms with van der Waals surface area (Å²) >= 11 is 0. The lowest BCUT2D eigenvalue weighted by Crippen LogP contribution is -2.14. The molecule has 1 aliphatic carbocycles. The molecule has 0 atom stereocenters. The molecule has 0 saturated heterocycles. The van der Waals surface area contributed by atoms with Gasteiger partial charge in [0, 0.05) is 30.6 Å². The number of ether oxygens (including phenoxy) is 1. The fourth-order valence-electron chi connectivity index (χ4n) is 3.06. The highest BCUT2D eigenvalue weighted by atomic mass is 32.2. The molecule has 1 aromatic carbocycles. The van der Waals surface area contributed by atoms with Crippen LogP contribution in [-0.4, -0.2) is 30.7 Å². The molecule has 0 bridgehead atoms. The van der Waals surface area contributed by atoms with E-state index in [1.807, 2.05) is 6.07 Å². The highest BCUT2D eigenvalue weighted by molar-refractivity contribution is 7.90. The third-order valence-corrected chi connectivity index (χ3v) is 5.60. The molecule has 1 saturated carbocycles. The van der Waals surface area contributed by atoms with Crippen molar-refractivity contribution in [3.8, 4) is 5.88 Å². The predicted octanol–water partition coefficient (Wildman–Crippen LogP) is 3.33. The van der Waals surface area contributed by atoms with E-state index in [-0.39, 0.29) is 28.9 Å². The van der Waals surface area contributed by atoms with Gasteiger partial charge in [-0.25, -0.2) is 13.4 Å². The van der Waals surface area contributed by atoms with Gasteiger partial charge in [-0.1, -0.05) is 6.07 Å². The number of pyridine rings is 1. The van der Waals surface area contributed by atoms with E-state index >= 15 is 0 Å². The molecule has 0 amide bonds. The number of anilines is 1. The van der Waals surface area contributed by atoms with Crippen molar-refractivity contribution >= 4 is 21.2 Å². The van der Waals surface area contributed by atoms with Crippen LogP contribution in [0.25, 0.3) is 0 Å². The van der Waals surface area contributed by atoms with Crippen molar-refractivity contribution in [3.05, 3.63) is 52.2 Å². The number of rotatable bonds is 7. The van der Waals surface area contributed by atoms with Gasteiger partial charge in [-0.2, -0.15) is 0 Å². The van der Waals surface area contributed by atoms with Gasteiger partial charge >= 0.3 is 0 Å². The standard InChI is InChI=1S/C18H21N3O5S/c1-27(24,25)15-8-9-16(17(11-15)21(22)23)20-12-13-5-4-10-19-18(13)26-14-6-2-3-7-14/h4-5,8-11,14,20H,2-3,6-7,12H2,1H3. The minimum absolute atomic E-state index is 0.0913. The number of sulfone groups is 1. The normalized spacial score (nSPS) is 14.9. The van der Waals surface area contributed by atoms with Gasteiger partial charge in [-0.05, 0) is 43.9 Å². The van der Waals surface area contributed by atoms with Gasteiger partial charge in [0.25, 0.3) is 5.69 Å². The average Bonchev–Trinajstić information content (AvgIpc) is 3.13. The van der Waals surface area contributed by atoms with Crippen molar-refractivity contribution in [2.24, 2.45) is 0 Å². The molecule has 1 aliphatic rings. The zero-order valence-corrected chi connectivity index (χ0v) is 15.7. The molecule has 0 unspecified atom stereocenters. The van der Waals surface area contributed by atoms with Crippen molar-refractivity contribution in [2.45, 2.75) is 43.2 Å². The Morgan fingerprint density at radius 2 is 2.04 bits per heavy atom. The lowest BCUT2D eigenvalue weighted by molar-refractivity contribution is -0.384. The van der Waals surface area contributed by atoms with E-state index < -0.39 is 14.8 Å². The quantitative estimate of drug-likeness (QED) is 0.569. The largest absolute Gasteiger partial charge is 0.474 e. The Balaban J connectivity index is 1.80. The molecule has 0 spiro atoms. The Morgan fingerprint density at radius 3 is 2.70 bits per heavy atom. The molecule has 9 heteroatoms. The molecular formula is C18H21N3O5S. The minimum Gasteiger partial charge on any atom is -0.474 e. The van der Waals surface area contributed by atoms with Crippen LogP contribution in [0.3, 0.4) is 0 Å². The van der Waals surface area contributed by atoms with E-state index in [0.717, 1.165) is 43.6 Å². The average molecular weight is 391 g/mol. The second-order valence-electron chi connectivity index (χ2n) is 6.55. The van der Waals surface area contributed by atoms with E-state index in [1.165, 1.54) is 12.1 Å². The zero-order chi connectivity index (χ0) is 19.4. The van der Waals surface area contributed by atoms with Gasteiger partial charge in [0.2, 0.25) is 5.88 Å². The molecule has 1 heterocycles. The van der Waals surface area contributed by atoms with Gasteiger partial charge in [-0.15, -0.1) is 0 Å². The topological polar surface area (TPSA) is 111 Å². The molecule has 3 rings (SSSR count). The monoisotopic (exact) mass is 391 g/mol. The first-order chi connectivity index (χ1) is 12.8. The number of hydrogen-bond acceptors (Lipinski definition) is 7. The Hall–Kier alpha value is -2.68. The maximum atomic E-state index is 11.6. The molecule has 1 N–H and O–H groups in total. The van der Waals surface area contributed by atoms with E-state index in [9.17, 15) is 18.5 Å². The first-order valence-electron chi connectivity index (χ1n) is 8.67. The number of hydrogen-bond donors (Lipinski definition) is 1. The highest BCUT2D eigenvalue weighted by Gasteiger charge is 2.21. The fourth-order valence-corrected chi connectivity index (χ4v) is 3.70. The zero-order valence-electron chi connectivity index (χ0n) is 14.9. The summed E-state index contributed by atoms with van der Waals surface area (Å²) in [4.78, 5) is 14.9. The molecular weight excluding hydrogens is 370 g/mol. The first kappa shape index (κ1) is 19.1. The number of nitro groups is 1. The fraction of sp³-hybridized carbons (Fsp3) is 0.389. The Kier molecular flexibility index (Phi) is 5.59. The summed E-state index contributed by atoms with van der Waals surface area (Å²) in [5.41, 5.74) is 0.731. The van der Waals surface area contributed by atoms with Crippen molar-refractivity contribution in [1.29, 1.82) is 0 Å². The molecule has 0 aliphatic heterocycles. The third kappa shape index (κ3) is 4.73. The molecule has 0 radical (unpaired) electrons. The smallest absolute Gasteiger partial charge is 0.293 e. The molecule has 1 fully saturated rings. The van der Waals surface area contributed by atoms with Crippen LogP contribution in [-0.2, 0) is 16.4 Å².